The van der Waals surface area contributed by atoms with Gasteiger partial charge in [0.1, 0.15) is 5.82 Å². The third kappa shape index (κ3) is 3.78. The van der Waals surface area contributed by atoms with Gasteiger partial charge in [-0.15, -0.1) is 10.2 Å². The first-order valence-corrected chi connectivity index (χ1v) is 6.91. The molecule has 1 unspecified atom stereocenters. The SMILES string of the molecule is CCc1ccc(C(C)Nc2ccc(C(=O)OC)nn2)cc1. The fourth-order valence-corrected chi connectivity index (χ4v) is 1.97. The molecule has 5 heteroatoms. The van der Waals surface area contributed by atoms with Crippen LogP contribution in [0.1, 0.15) is 41.5 Å². The Labute approximate surface area is 124 Å². The summed E-state index contributed by atoms with van der Waals surface area (Å²) in [6, 6.07) is 11.9. The highest BCUT2D eigenvalue weighted by atomic mass is 16.5. The quantitative estimate of drug-likeness (QED) is 0.856. The molecular weight excluding hydrogens is 266 g/mol. The molecule has 1 atom stereocenters. The summed E-state index contributed by atoms with van der Waals surface area (Å²) in [4.78, 5) is 11.3. The van der Waals surface area contributed by atoms with Gasteiger partial charge in [0.15, 0.2) is 5.69 Å². The number of carbonyl (C=O) groups excluding carboxylic acids is 1. The standard InChI is InChI=1S/C16H19N3O2/c1-4-12-5-7-13(8-6-12)11(2)17-15-10-9-14(18-19-15)16(20)21-3/h5-11H,4H2,1-3H3,(H,17,19). The van der Waals surface area contributed by atoms with Crippen LogP contribution < -0.4 is 5.32 Å². The molecule has 2 rings (SSSR count). The van der Waals surface area contributed by atoms with E-state index in [2.05, 4.69) is 58.4 Å². The smallest absolute Gasteiger partial charge is 0.358 e. The predicted molar refractivity (Wildman–Crippen MR) is 81.2 cm³/mol. The maximum Gasteiger partial charge on any atom is 0.358 e. The zero-order valence-corrected chi connectivity index (χ0v) is 12.5. The molecule has 1 aromatic heterocycles. The zero-order chi connectivity index (χ0) is 15.2. The predicted octanol–water partition coefficient (Wildman–Crippen LogP) is 3.00. The van der Waals surface area contributed by atoms with Crippen LogP contribution in [0.5, 0.6) is 0 Å². The molecule has 0 aliphatic rings. The number of anilines is 1. The maximum atomic E-state index is 11.3. The molecule has 0 spiro atoms. The topological polar surface area (TPSA) is 64.1 Å². The number of methoxy groups -OCH3 is 1. The Bertz CT molecular complexity index is 594. The minimum Gasteiger partial charge on any atom is -0.464 e. The molecule has 1 aromatic carbocycles. The number of carbonyl (C=O) groups is 1. The Morgan fingerprint density at radius 3 is 2.43 bits per heavy atom. The van der Waals surface area contributed by atoms with Gasteiger partial charge in [-0.1, -0.05) is 31.2 Å². The Balaban J connectivity index is 2.04. The van der Waals surface area contributed by atoms with E-state index in [1.54, 1.807) is 12.1 Å². The monoisotopic (exact) mass is 285 g/mol. The summed E-state index contributed by atoms with van der Waals surface area (Å²) < 4.78 is 4.59. The third-order valence-electron chi connectivity index (χ3n) is 3.31. The number of aromatic nitrogens is 2. The molecule has 1 heterocycles. The normalized spacial score (nSPS) is 11.8. The van der Waals surface area contributed by atoms with Gasteiger partial charge >= 0.3 is 5.97 Å². The average Bonchev–Trinajstić information content (AvgIpc) is 2.55. The fraction of sp³-hybridized carbons (Fsp3) is 0.312. The summed E-state index contributed by atoms with van der Waals surface area (Å²) in [5, 5.41) is 11.1. The summed E-state index contributed by atoms with van der Waals surface area (Å²) in [5.41, 5.74) is 2.68. The Kier molecular flexibility index (Phi) is 4.87. The van der Waals surface area contributed by atoms with Crippen LogP contribution in [-0.4, -0.2) is 23.3 Å². The summed E-state index contributed by atoms with van der Waals surface area (Å²) >= 11 is 0. The molecular formula is C16H19N3O2. The fourth-order valence-electron chi connectivity index (χ4n) is 1.97. The van der Waals surface area contributed by atoms with Crippen LogP contribution in [0.15, 0.2) is 36.4 Å². The van der Waals surface area contributed by atoms with Gasteiger partial charge < -0.3 is 10.1 Å². The van der Waals surface area contributed by atoms with Crippen LogP contribution in [0.3, 0.4) is 0 Å². The van der Waals surface area contributed by atoms with E-state index in [1.807, 2.05) is 0 Å². The minimum atomic E-state index is -0.489. The van der Waals surface area contributed by atoms with Crippen LogP contribution in [0.2, 0.25) is 0 Å². The van der Waals surface area contributed by atoms with Crippen molar-refractivity contribution in [3.05, 3.63) is 53.2 Å². The number of ether oxygens (including phenoxy) is 1. The van der Waals surface area contributed by atoms with E-state index >= 15 is 0 Å². The molecule has 0 amide bonds. The van der Waals surface area contributed by atoms with Crippen molar-refractivity contribution in [2.75, 3.05) is 12.4 Å². The molecule has 0 aliphatic heterocycles. The molecule has 0 bridgehead atoms. The van der Waals surface area contributed by atoms with E-state index in [0.717, 1.165) is 6.42 Å². The second kappa shape index (κ2) is 6.83. The number of benzene rings is 1. The second-order valence-corrected chi connectivity index (χ2v) is 4.76. The van der Waals surface area contributed by atoms with Gasteiger partial charge in [0.05, 0.1) is 7.11 Å². The van der Waals surface area contributed by atoms with Crippen LogP contribution >= 0.6 is 0 Å². The Morgan fingerprint density at radius 1 is 1.19 bits per heavy atom. The van der Waals surface area contributed by atoms with Gasteiger partial charge in [-0.3, -0.25) is 0 Å². The number of rotatable bonds is 5. The maximum absolute atomic E-state index is 11.3. The highest BCUT2D eigenvalue weighted by molar-refractivity contribution is 5.86. The highest BCUT2D eigenvalue weighted by Gasteiger charge is 2.10. The van der Waals surface area contributed by atoms with E-state index in [4.69, 9.17) is 0 Å². The molecule has 0 aliphatic carbocycles. The van der Waals surface area contributed by atoms with Crippen molar-refractivity contribution in [3.63, 3.8) is 0 Å². The van der Waals surface area contributed by atoms with Crippen molar-refractivity contribution >= 4 is 11.8 Å². The minimum absolute atomic E-state index is 0.106. The first-order chi connectivity index (χ1) is 10.1. The molecule has 1 N–H and O–H groups in total. The van der Waals surface area contributed by atoms with Gasteiger partial charge in [-0.05, 0) is 36.6 Å². The number of esters is 1. The molecule has 0 fully saturated rings. The summed E-state index contributed by atoms with van der Waals surface area (Å²) in [6.45, 7) is 4.19. The molecule has 0 saturated carbocycles. The largest absolute Gasteiger partial charge is 0.464 e. The van der Waals surface area contributed by atoms with E-state index < -0.39 is 5.97 Å². The zero-order valence-electron chi connectivity index (χ0n) is 12.5. The van der Waals surface area contributed by atoms with Crippen LogP contribution in [0, 0.1) is 0 Å². The van der Waals surface area contributed by atoms with E-state index in [-0.39, 0.29) is 11.7 Å². The first kappa shape index (κ1) is 15.0. The van der Waals surface area contributed by atoms with Crippen molar-refractivity contribution in [2.24, 2.45) is 0 Å². The van der Waals surface area contributed by atoms with E-state index in [9.17, 15) is 4.79 Å². The van der Waals surface area contributed by atoms with E-state index in [1.165, 1.54) is 18.2 Å². The number of nitrogens with one attached hydrogen (secondary N) is 1. The van der Waals surface area contributed by atoms with Crippen molar-refractivity contribution in [2.45, 2.75) is 26.3 Å². The molecule has 0 saturated heterocycles. The summed E-state index contributed by atoms with van der Waals surface area (Å²) in [5.74, 6) is 0.131. The van der Waals surface area contributed by atoms with Crippen molar-refractivity contribution < 1.29 is 9.53 Å². The van der Waals surface area contributed by atoms with Crippen LogP contribution in [0.25, 0.3) is 0 Å². The van der Waals surface area contributed by atoms with Crippen molar-refractivity contribution in [1.29, 1.82) is 0 Å². The third-order valence-corrected chi connectivity index (χ3v) is 3.31. The lowest BCUT2D eigenvalue weighted by Crippen LogP contribution is -2.11. The van der Waals surface area contributed by atoms with Gasteiger partial charge in [0.2, 0.25) is 0 Å². The Morgan fingerprint density at radius 2 is 1.90 bits per heavy atom. The van der Waals surface area contributed by atoms with Gasteiger partial charge in [0, 0.05) is 6.04 Å². The lowest BCUT2D eigenvalue weighted by Gasteiger charge is -2.15. The average molecular weight is 285 g/mol. The molecule has 5 nitrogen and oxygen atoms in total. The summed E-state index contributed by atoms with van der Waals surface area (Å²) in [6.07, 6.45) is 1.03. The van der Waals surface area contributed by atoms with Gasteiger partial charge in [-0.2, -0.15) is 0 Å². The highest BCUT2D eigenvalue weighted by Crippen LogP contribution is 2.18. The molecule has 2 aromatic rings. The molecule has 110 valence electrons. The number of nitrogens with zero attached hydrogens (tertiary/aromatic N) is 2. The second-order valence-electron chi connectivity index (χ2n) is 4.76. The lowest BCUT2D eigenvalue weighted by molar-refractivity contribution is 0.0593. The number of hydrogen-bond acceptors (Lipinski definition) is 5. The molecule has 21 heavy (non-hydrogen) atoms. The summed E-state index contributed by atoms with van der Waals surface area (Å²) in [7, 11) is 1.32. The van der Waals surface area contributed by atoms with Gasteiger partial charge in [0.25, 0.3) is 0 Å². The molecule has 0 radical (unpaired) electrons. The van der Waals surface area contributed by atoms with Crippen molar-refractivity contribution in [1.82, 2.24) is 10.2 Å². The number of hydrogen-bond donors (Lipinski definition) is 1. The van der Waals surface area contributed by atoms with Crippen molar-refractivity contribution in [3.8, 4) is 0 Å². The first-order valence-electron chi connectivity index (χ1n) is 6.91. The Hall–Kier alpha value is -2.43. The van der Waals surface area contributed by atoms with Crippen LogP contribution in [0.4, 0.5) is 5.82 Å². The van der Waals surface area contributed by atoms with Gasteiger partial charge in [-0.25, -0.2) is 4.79 Å². The lowest BCUT2D eigenvalue weighted by atomic mass is 10.1. The van der Waals surface area contributed by atoms with Crippen LogP contribution in [-0.2, 0) is 11.2 Å². The van der Waals surface area contributed by atoms with E-state index in [0.29, 0.717) is 5.82 Å². The number of aryl methyl sites for hydroxylation is 1.